The van der Waals surface area contributed by atoms with Crippen LogP contribution >= 0.6 is 23.4 Å². The molecule has 0 saturated heterocycles. The summed E-state index contributed by atoms with van der Waals surface area (Å²) in [5.74, 6) is -1.90. The molecule has 0 bridgehead atoms. The molecule has 2 rings (SSSR count). The fraction of sp³-hybridized carbons (Fsp3) is 0.250. The van der Waals surface area contributed by atoms with Crippen molar-refractivity contribution >= 4 is 35.2 Å². The van der Waals surface area contributed by atoms with Crippen molar-refractivity contribution < 1.29 is 14.7 Å². The molecular weight excluding hydrogens is 350 g/mol. The van der Waals surface area contributed by atoms with Gasteiger partial charge in [0.15, 0.2) is 5.69 Å². The van der Waals surface area contributed by atoms with Crippen LogP contribution in [0, 0.1) is 5.92 Å². The van der Waals surface area contributed by atoms with Crippen molar-refractivity contribution in [3.05, 3.63) is 47.1 Å². The van der Waals surface area contributed by atoms with Gasteiger partial charge in [-0.25, -0.2) is 4.79 Å². The highest BCUT2D eigenvalue weighted by molar-refractivity contribution is 7.99. The van der Waals surface area contributed by atoms with E-state index in [9.17, 15) is 9.59 Å². The number of carbonyl (C=O) groups excluding carboxylic acids is 1. The fourth-order valence-electron chi connectivity index (χ4n) is 1.86. The molecule has 0 unspecified atom stereocenters. The van der Waals surface area contributed by atoms with Crippen molar-refractivity contribution in [3.8, 4) is 0 Å². The average molecular weight is 366 g/mol. The van der Waals surface area contributed by atoms with Gasteiger partial charge in [-0.05, 0) is 30.2 Å². The number of rotatable bonds is 6. The van der Waals surface area contributed by atoms with Gasteiger partial charge in [-0.1, -0.05) is 49.3 Å². The van der Waals surface area contributed by atoms with E-state index in [1.54, 1.807) is 26.0 Å². The molecular formula is C16H16ClN3O3S. The fourth-order valence-corrected chi connectivity index (χ4v) is 2.87. The van der Waals surface area contributed by atoms with E-state index in [-0.39, 0.29) is 11.6 Å². The molecule has 0 aliphatic carbocycles. The predicted molar refractivity (Wildman–Crippen MR) is 91.3 cm³/mol. The van der Waals surface area contributed by atoms with E-state index in [0.29, 0.717) is 10.0 Å². The van der Waals surface area contributed by atoms with Crippen LogP contribution in [-0.4, -0.2) is 33.2 Å². The van der Waals surface area contributed by atoms with Gasteiger partial charge in [-0.15, -0.1) is 10.2 Å². The summed E-state index contributed by atoms with van der Waals surface area (Å²) >= 11 is 7.41. The van der Waals surface area contributed by atoms with Crippen LogP contribution in [0.2, 0.25) is 5.02 Å². The van der Waals surface area contributed by atoms with Gasteiger partial charge in [0, 0.05) is 4.90 Å². The number of aromatic nitrogens is 2. The zero-order valence-corrected chi connectivity index (χ0v) is 14.6. The van der Waals surface area contributed by atoms with E-state index in [4.69, 9.17) is 16.7 Å². The highest BCUT2D eigenvalue weighted by Crippen LogP contribution is 2.31. The number of benzene rings is 1. The van der Waals surface area contributed by atoms with Gasteiger partial charge in [0.2, 0.25) is 0 Å². The first-order valence-electron chi connectivity index (χ1n) is 7.18. The summed E-state index contributed by atoms with van der Waals surface area (Å²) < 4.78 is 0. The van der Waals surface area contributed by atoms with Crippen LogP contribution in [0.3, 0.4) is 0 Å². The molecule has 8 heteroatoms. The number of halogens is 1. The molecule has 2 aromatic rings. The zero-order chi connectivity index (χ0) is 17.7. The van der Waals surface area contributed by atoms with Crippen LogP contribution in [0.4, 0.5) is 0 Å². The Morgan fingerprint density at radius 2 is 1.88 bits per heavy atom. The second kappa shape index (κ2) is 8.12. The maximum absolute atomic E-state index is 12.1. The number of carboxylic acid groups (broad SMARTS) is 1. The first-order chi connectivity index (χ1) is 11.4. The third-order valence-corrected chi connectivity index (χ3v) is 4.59. The summed E-state index contributed by atoms with van der Waals surface area (Å²) in [6, 6.07) is 9.49. The third-order valence-electron chi connectivity index (χ3n) is 3.14. The lowest BCUT2D eigenvalue weighted by atomic mass is 10.0. The van der Waals surface area contributed by atoms with Crippen LogP contribution in [0.1, 0.15) is 24.3 Å². The number of hydrogen-bond donors (Lipinski definition) is 2. The number of carboxylic acids is 1. The van der Waals surface area contributed by atoms with Crippen molar-refractivity contribution in [2.45, 2.75) is 29.8 Å². The second-order valence-electron chi connectivity index (χ2n) is 5.32. The molecule has 2 N–H and O–H groups in total. The van der Waals surface area contributed by atoms with Gasteiger partial charge >= 0.3 is 5.97 Å². The summed E-state index contributed by atoms with van der Waals surface area (Å²) in [5.41, 5.74) is 0.0606. The Labute approximate surface area is 148 Å². The Balaban J connectivity index is 2.07. The van der Waals surface area contributed by atoms with E-state index < -0.39 is 17.9 Å². The lowest BCUT2D eigenvalue weighted by molar-refractivity contribution is -0.140. The van der Waals surface area contributed by atoms with Crippen LogP contribution in [0.5, 0.6) is 0 Å². The van der Waals surface area contributed by atoms with Gasteiger partial charge in [0.1, 0.15) is 11.1 Å². The Kier molecular flexibility index (Phi) is 6.16. The van der Waals surface area contributed by atoms with Gasteiger partial charge in [0.05, 0.1) is 5.02 Å². The molecule has 0 spiro atoms. The Hall–Kier alpha value is -2.12. The van der Waals surface area contributed by atoms with Gasteiger partial charge in [-0.2, -0.15) is 0 Å². The van der Waals surface area contributed by atoms with E-state index in [0.717, 1.165) is 4.90 Å². The molecule has 0 radical (unpaired) electrons. The highest BCUT2D eigenvalue weighted by atomic mass is 35.5. The second-order valence-corrected chi connectivity index (χ2v) is 6.79. The monoisotopic (exact) mass is 365 g/mol. The molecule has 1 heterocycles. The highest BCUT2D eigenvalue weighted by Gasteiger charge is 2.24. The van der Waals surface area contributed by atoms with Crippen LogP contribution in [0.25, 0.3) is 0 Å². The quantitative estimate of drug-likeness (QED) is 0.817. The molecule has 0 aliphatic heterocycles. The third kappa shape index (κ3) is 4.69. The SMILES string of the molecule is CC(C)[C@H](NC(=O)c1ccc(Sc2ccccc2Cl)nn1)C(=O)O. The minimum absolute atomic E-state index is 0.0606. The summed E-state index contributed by atoms with van der Waals surface area (Å²) in [4.78, 5) is 24.0. The number of nitrogens with zero attached hydrogens (tertiary/aromatic N) is 2. The largest absolute Gasteiger partial charge is 0.480 e. The molecule has 24 heavy (non-hydrogen) atoms. The van der Waals surface area contributed by atoms with Crippen molar-refractivity contribution in [2.24, 2.45) is 5.92 Å². The maximum atomic E-state index is 12.1. The summed E-state index contributed by atoms with van der Waals surface area (Å²) in [7, 11) is 0. The smallest absolute Gasteiger partial charge is 0.326 e. The average Bonchev–Trinajstić information content (AvgIpc) is 2.54. The summed E-state index contributed by atoms with van der Waals surface area (Å²) in [6.07, 6.45) is 0. The van der Waals surface area contributed by atoms with Gasteiger partial charge in [0.25, 0.3) is 5.91 Å². The van der Waals surface area contributed by atoms with Crippen molar-refractivity contribution in [2.75, 3.05) is 0 Å². The van der Waals surface area contributed by atoms with E-state index in [1.807, 2.05) is 18.2 Å². The topological polar surface area (TPSA) is 92.2 Å². The predicted octanol–water partition coefficient (Wildman–Crippen LogP) is 3.12. The summed E-state index contributed by atoms with van der Waals surface area (Å²) in [6.45, 7) is 3.43. The molecule has 1 atom stereocenters. The molecule has 0 fully saturated rings. The van der Waals surface area contributed by atoms with Crippen LogP contribution in [0.15, 0.2) is 46.3 Å². The minimum atomic E-state index is -1.09. The number of carbonyl (C=O) groups is 2. The van der Waals surface area contributed by atoms with Crippen LogP contribution in [-0.2, 0) is 4.79 Å². The number of nitrogens with one attached hydrogen (secondary N) is 1. The lowest BCUT2D eigenvalue weighted by Gasteiger charge is -2.17. The molecule has 0 aliphatic rings. The Morgan fingerprint density at radius 3 is 2.42 bits per heavy atom. The van der Waals surface area contributed by atoms with Gasteiger partial charge in [-0.3, -0.25) is 4.79 Å². The van der Waals surface area contributed by atoms with Crippen molar-refractivity contribution in [1.29, 1.82) is 0 Å². The first kappa shape index (κ1) is 18.2. The number of aliphatic carboxylic acids is 1. The standard InChI is InChI=1S/C16H16ClN3O3S/c1-9(2)14(16(22)23)18-15(21)11-7-8-13(20-19-11)24-12-6-4-3-5-10(12)17/h3-9,14H,1-2H3,(H,18,21)(H,22,23)/t14-/m0/s1. The normalized spacial score (nSPS) is 12.0. The Bertz CT molecular complexity index is 738. The molecule has 1 amide bonds. The van der Waals surface area contributed by atoms with Crippen molar-refractivity contribution in [1.82, 2.24) is 15.5 Å². The maximum Gasteiger partial charge on any atom is 0.326 e. The molecule has 1 aromatic carbocycles. The lowest BCUT2D eigenvalue weighted by Crippen LogP contribution is -2.44. The summed E-state index contributed by atoms with van der Waals surface area (Å²) in [5, 5.41) is 20.6. The molecule has 1 aromatic heterocycles. The van der Waals surface area contributed by atoms with E-state index >= 15 is 0 Å². The van der Waals surface area contributed by atoms with Crippen LogP contribution < -0.4 is 5.32 Å². The van der Waals surface area contributed by atoms with Gasteiger partial charge < -0.3 is 10.4 Å². The number of hydrogen-bond acceptors (Lipinski definition) is 5. The molecule has 6 nitrogen and oxygen atoms in total. The van der Waals surface area contributed by atoms with E-state index in [1.165, 1.54) is 17.8 Å². The molecule has 0 saturated carbocycles. The van der Waals surface area contributed by atoms with E-state index in [2.05, 4.69) is 15.5 Å². The van der Waals surface area contributed by atoms with Crippen molar-refractivity contribution in [3.63, 3.8) is 0 Å². The first-order valence-corrected chi connectivity index (χ1v) is 8.37. The zero-order valence-electron chi connectivity index (χ0n) is 13.1. The number of amides is 1. The minimum Gasteiger partial charge on any atom is -0.480 e. The Morgan fingerprint density at radius 1 is 1.17 bits per heavy atom. The molecule has 126 valence electrons.